The molecule has 0 spiro atoms. The van der Waals surface area contributed by atoms with Crippen LogP contribution in [0.2, 0.25) is 0 Å². The van der Waals surface area contributed by atoms with E-state index in [1.165, 1.54) is 6.07 Å². The largest absolute Gasteiger partial charge is 0.489 e. The number of carbonyl (C=O) groups is 4. The van der Waals surface area contributed by atoms with Crippen LogP contribution >= 0.6 is 0 Å². The van der Waals surface area contributed by atoms with E-state index in [4.69, 9.17) is 9.72 Å². The normalized spacial score (nSPS) is 18.9. The van der Waals surface area contributed by atoms with Gasteiger partial charge in [0, 0.05) is 43.9 Å². The highest BCUT2D eigenvalue weighted by molar-refractivity contribution is 6.04. The summed E-state index contributed by atoms with van der Waals surface area (Å²) in [6.07, 6.45) is 1.76. The Morgan fingerprint density at radius 2 is 1.65 bits per heavy atom. The number of imidazole rings is 1. The molecule has 7 rings (SSSR count). The van der Waals surface area contributed by atoms with Crippen LogP contribution in [0.25, 0.3) is 5.65 Å². The molecule has 4 amide bonds. The van der Waals surface area contributed by atoms with E-state index < -0.39 is 35.5 Å². The Morgan fingerprint density at radius 1 is 0.930 bits per heavy atom. The van der Waals surface area contributed by atoms with Crippen LogP contribution in [0, 0.1) is 5.82 Å². The van der Waals surface area contributed by atoms with E-state index >= 15 is 4.39 Å². The van der Waals surface area contributed by atoms with Gasteiger partial charge in [0.25, 0.3) is 5.91 Å². The highest BCUT2D eigenvalue weighted by Crippen LogP contribution is 2.35. The summed E-state index contributed by atoms with van der Waals surface area (Å²) in [4.78, 5) is 62.4. The minimum absolute atomic E-state index is 0.0287. The first-order valence-electron chi connectivity index (χ1n) is 19.2. The van der Waals surface area contributed by atoms with Crippen molar-refractivity contribution in [2.45, 2.75) is 82.5 Å². The van der Waals surface area contributed by atoms with Gasteiger partial charge in [-0.2, -0.15) is 13.2 Å². The van der Waals surface area contributed by atoms with E-state index in [1.807, 2.05) is 24.9 Å². The molecule has 17 heteroatoms. The van der Waals surface area contributed by atoms with Crippen molar-refractivity contribution < 1.29 is 41.5 Å². The summed E-state index contributed by atoms with van der Waals surface area (Å²) in [5, 5.41) is 7.89. The zero-order valence-electron chi connectivity index (χ0n) is 31.6. The number of imide groups is 1. The number of pyridine rings is 2. The topological polar surface area (TPSA) is 150 Å². The second-order valence-corrected chi connectivity index (χ2v) is 15.1. The number of anilines is 2. The van der Waals surface area contributed by atoms with E-state index in [2.05, 4.69) is 25.8 Å². The molecule has 3 saturated heterocycles. The van der Waals surface area contributed by atoms with E-state index in [-0.39, 0.29) is 59.8 Å². The summed E-state index contributed by atoms with van der Waals surface area (Å²) in [6.45, 7) is 6.30. The minimum Gasteiger partial charge on any atom is -0.489 e. The van der Waals surface area contributed by atoms with Crippen molar-refractivity contribution in [3.05, 3.63) is 83.3 Å². The van der Waals surface area contributed by atoms with Gasteiger partial charge in [0.05, 0.1) is 24.0 Å². The lowest BCUT2D eigenvalue weighted by atomic mass is 9.88. The molecule has 302 valence electrons. The monoisotopic (exact) mass is 792 g/mol. The smallest absolute Gasteiger partial charge is 0.433 e. The van der Waals surface area contributed by atoms with Gasteiger partial charge in [-0.3, -0.25) is 29.4 Å². The summed E-state index contributed by atoms with van der Waals surface area (Å²) >= 11 is 0. The number of aromatic nitrogens is 3. The number of halogens is 4. The van der Waals surface area contributed by atoms with Crippen molar-refractivity contribution in [1.82, 2.24) is 29.5 Å². The summed E-state index contributed by atoms with van der Waals surface area (Å²) < 4.78 is 63.0. The number of nitrogens with zero attached hydrogens (tertiary/aromatic N) is 5. The molecule has 3 aromatic heterocycles. The molecule has 3 N–H and O–H groups in total. The zero-order chi connectivity index (χ0) is 40.4. The quantitative estimate of drug-likeness (QED) is 0.135. The van der Waals surface area contributed by atoms with Crippen molar-refractivity contribution >= 4 is 40.7 Å². The predicted octanol–water partition coefficient (Wildman–Crippen LogP) is 5.73. The van der Waals surface area contributed by atoms with Gasteiger partial charge in [-0.25, -0.2) is 14.4 Å². The van der Waals surface area contributed by atoms with Crippen molar-refractivity contribution in [2.75, 3.05) is 43.4 Å². The van der Waals surface area contributed by atoms with Gasteiger partial charge in [-0.1, -0.05) is 18.2 Å². The maximum absolute atomic E-state index is 15.6. The van der Waals surface area contributed by atoms with Gasteiger partial charge in [-0.15, -0.1) is 0 Å². The Balaban J connectivity index is 0.928. The lowest BCUT2D eigenvalue weighted by Crippen LogP contribution is -2.47. The molecule has 3 fully saturated rings. The molecule has 13 nitrogen and oxygen atoms in total. The first-order chi connectivity index (χ1) is 27.2. The number of benzene rings is 1. The number of hydrogen-bond acceptors (Lipinski definition) is 9. The molecule has 0 bridgehead atoms. The third-order valence-corrected chi connectivity index (χ3v) is 10.7. The molecule has 1 atom stereocenters. The van der Waals surface area contributed by atoms with Gasteiger partial charge in [0.2, 0.25) is 17.7 Å². The van der Waals surface area contributed by atoms with Gasteiger partial charge in [0.1, 0.15) is 40.3 Å². The van der Waals surface area contributed by atoms with E-state index in [1.54, 1.807) is 34.9 Å². The van der Waals surface area contributed by atoms with Crippen LogP contribution in [-0.4, -0.2) is 92.7 Å². The summed E-state index contributed by atoms with van der Waals surface area (Å²) in [5.41, 5.74) is 0.882. The Kier molecular flexibility index (Phi) is 11.5. The number of likely N-dealkylation sites (tertiary alicyclic amines) is 2. The van der Waals surface area contributed by atoms with Gasteiger partial charge < -0.3 is 24.7 Å². The lowest BCUT2D eigenvalue weighted by Gasteiger charge is -2.36. The van der Waals surface area contributed by atoms with Crippen LogP contribution in [-0.2, 0) is 20.6 Å². The Morgan fingerprint density at radius 3 is 2.35 bits per heavy atom. The average molecular weight is 793 g/mol. The number of nitrogens with one attached hydrogen (secondary N) is 3. The van der Waals surface area contributed by atoms with Crippen molar-refractivity contribution in [3.8, 4) is 5.75 Å². The molecule has 0 radical (unpaired) electrons. The number of carbonyl (C=O) groups excluding carboxylic acids is 4. The fraction of sp³-hybridized carbons (Fsp3) is 0.450. The first kappa shape index (κ1) is 39.6. The van der Waals surface area contributed by atoms with Crippen LogP contribution in [0.15, 0.2) is 54.9 Å². The summed E-state index contributed by atoms with van der Waals surface area (Å²) in [5.74, 6) is -1.65. The average Bonchev–Trinajstić information content (AvgIpc) is 3.59. The van der Waals surface area contributed by atoms with Crippen molar-refractivity contribution in [3.63, 3.8) is 0 Å². The number of fused-ring (bicyclic) bond motifs is 1. The lowest BCUT2D eigenvalue weighted by molar-refractivity contribution is -0.141. The van der Waals surface area contributed by atoms with Crippen LogP contribution in [0.3, 0.4) is 0 Å². The summed E-state index contributed by atoms with van der Waals surface area (Å²) in [6, 6.07) is 9.22. The van der Waals surface area contributed by atoms with Crippen LogP contribution < -0.4 is 20.7 Å². The van der Waals surface area contributed by atoms with E-state index in [9.17, 15) is 32.3 Å². The number of amides is 4. The van der Waals surface area contributed by atoms with Crippen LogP contribution in [0.1, 0.15) is 91.6 Å². The maximum Gasteiger partial charge on any atom is 0.433 e. The SMILES string of the molecule is CC(C)Oc1cc2nc(C3CCN(CC(=O)N4CCC(c5cccc(NC6CCC(=O)NC6=O)c5F)CC4)CC3)cn2cc1NC(=O)c1cccc(C(F)(F)F)n1. The third kappa shape index (κ3) is 9.19. The number of rotatable bonds is 10. The molecule has 1 aromatic carbocycles. The fourth-order valence-corrected chi connectivity index (χ4v) is 7.70. The number of ether oxygens (including phenoxy) is 1. The van der Waals surface area contributed by atoms with E-state index in [0.717, 1.165) is 30.7 Å². The van der Waals surface area contributed by atoms with Crippen LogP contribution in [0.5, 0.6) is 5.75 Å². The second-order valence-electron chi connectivity index (χ2n) is 15.1. The van der Waals surface area contributed by atoms with Gasteiger partial charge >= 0.3 is 6.18 Å². The molecule has 57 heavy (non-hydrogen) atoms. The highest BCUT2D eigenvalue weighted by Gasteiger charge is 2.34. The molecule has 0 aliphatic carbocycles. The Hall–Kier alpha value is -5.58. The first-order valence-corrected chi connectivity index (χ1v) is 19.2. The minimum atomic E-state index is -4.70. The highest BCUT2D eigenvalue weighted by atomic mass is 19.4. The maximum atomic E-state index is 15.6. The molecule has 0 saturated carbocycles. The van der Waals surface area contributed by atoms with Crippen LogP contribution in [0.4, 0.5) is 28.9 Å². The Labute approximate surface area is 326 Å². The summed E-state index contributed by atoms with van der Waals surface area (Å²) in [7, 11) is 0. The number of alkyl halides is 3. The number of hydrogen-bond donors (Lipinski definition) is 3. The fourth-order valence-electron chi connectivity index (χ4n) is 7.70. The second kappa shape index (κ2) is 16.5. The molecule has 3 aliphatic rings. The molecule has 1 unspecified atom stereocenters. The third-order valence-electron chi connectivity index (χ3n) is 10.7. The molecule has 3 aliphatic heterocycles. The predicted molar refractivity (Wildman–Crippen MR) is 201 cm³/mol. The van der Waals surface area contributed by atoms with E-state index in [0.29, 0.717) is 62.4 Å². The van der Waals surface area contributed by atoms with Gasteiger partial charge in [-0.05, 0) is 88.7 Å². The molecule has 6 heterocycles. The standard InChI is InChI=1S/C40H44F4N8O5/c1-23(2)57-32-19-34-47-30(20-52(34)21-31(32)48-38(55)28-7-4-8-33(46-28)40(42,43)44)25-11-15-50(16-12-25)22-36(54)51-17-13-24(14-18-51)26-5-3-6-27(37(26)41)45-29-9-10-35(53)49-39(29)56/h3-8,19-21,23-25,29,45H,9-18,22H2,1-2H3,(H,48,55)(H,49,53,56). The molecular formula is C40H44F4N8O5. The molecule has 4 aromatic rings. The van der Waals surface area contributed by atoms with Gasteiger partial charge in [0.15, 0.2) is 0 Å². The molecular weight excluding hydrogens is 748 g/mol. The van der Waals surface area contributed by atoms with Crippen molar-refractivity contribution in [2.24, 2.45) is 0 Å². The number of piperidine rings is 3. The zero-order valence-corrected chi connectivity index (χ0v) is 31.6. The van der Waals surface area contributed by atoms with Crippen molar-refractivity contribution in [1.29, 1.82) is 0 Å². The Bertz CT molecular complexity index is 2160.